The summed E-state index contributed by atoms with van der Waals surface area (Å²) in [6.45, 7) is 3.66. The lowest BCUT2D eigenvalue weighted by Gasteiger charge is -2.13. The summed E-state index contributed by atoms with van der Waals surface area (Å²) < 4.78 is 3.25. The molecule has 0 atom stereocenters. The van der Waals surface area contributed by atoms with Crippen molar-refractivity contribution < 1.29 is 0 Å². The summed E-state index contributed by atoms with van der Waals surface area (Å²) >= 11 is 0. The Morgan fingerprint density at radius 1 is 0.528 bits per heavy atom. The van der Waals surface area contributed by atoms with E-state index in [4.69, 9.17) is 0 Å². The van der Waals surface area contributed by atoms with Crippen molar-refractivity contribution in [2.45, 2.75) is 13.8 Å². The van der Waals surface area contributed by atoms with Gasteiger partial charge in [-0.3, -0.25) is 18.7 Å². The lowest BCUT2D eigenvalue weighted by Crippen LogP contribution is -2.22. The molecule has 0 aliphatic heterocycles. The summed E-state index contributed by atoms with van der Waals surface area (Å²) in [5.41, 5.74) is 4.22. The third-order valence-corrected chi connectivity index (χ3v) is 6.43. The molecule has 0 aliphatic carbocycles. The molecule has 2 aromatic heterocycles. The van der Waals surface area contributed by atoms with Crippen LogP contribution in [0.3, 0.4) is 0 Å². The van der Waals surface area contributed by atoms with Crippen LogP contribution in [0.1, 0.15) is 11.6 Å². The highest BCUT2D eigenvalue weighted by Gasteiger charge is 2.14. The molecule has 0 spiro atoms. The Labute approximate surface area is 206 Å². The Bertz CT molecular complexity index is 1750. The maximum atomic E-state index is 13.5. The Morgan fingerprint density at radius 2 is 0.917 bits per heavy atom. The number of para-hydroxylation sites is 2. The van der Waals surface area contributed by atoms with Crippen LogP contribution >= 0.6 is 0 Å². The van der Waals surface area contributed by atoms with E-state index >= 15 is 0 Å². The molecule has 0 aliphatic rings. The first-order chi connectivity index (χ1) is 17.5. The van der Waals surface area contributed by atoms with Crippen molar-refractivity contribution in [2.24, 2.45) is 0 Å². The van der Waals surface area contributed by atoms with Gasteiger partial charge in [-0.25, -0.2) is 9.97 Å². The Kier molecular flexibility index (Phi) is 5.08. The van der Waals surface area contributed by atoms with Crippen molar-refractivity contribution in [3.05, 3.63) is 129 Å². The lowest BCUT2D eigenvalue weighted by atomic mass is 10.0. The molecule has 6 nitrogen and oxygen atoms in total. The maximum Gasteiger partial charge on any atom is 0.265 e. The van der Waals surface area contributed by atoms with E-state index in [1.807, 2.05) is 111 Å². The van der Waals surface area contributed by atoms with Gasteiger partial charge in [0.25, 0.3) is 11.1 Å². The number of benzene rings is 4. The van der Waals surface area contributed by atoms with Gasteiger partial charge in [0.2, 0.25) is 0 Å². The molecule has 0 N–H and O–H groups in total. The number of aromatic nitrogens is 4. The van der Waals surface area contributed by atoms with E-state index in [-0.39, 0.29) is 11.1 Å². The summed E-state index contributed by atoms with van der Waals surface area (Å²) in [5, 5.41) is 1.04. The largest absolute Gasteiger partial charge is 0.268 e. The average molecular weight is 471 g/mol. The van der Waals surface area contributed by atoms with Crippen molar-refractivity contribution >= 4 is 21.8 Å². The van der Waals surface area contributed by atoms with Crippen LogP contribution in [0.4, 0.5) is 0 Å². The zero-order valence-electron chi connectivity index (χ0n) is 19.8. The second kappa shape index (κ2) is 8.43. The van der Waals surface area contributed by atoms with Gasteiger partial charge >= 0.3 is 0 Å². The summed E-state index contributed by atoms with van der Waals surface area (Å²) in [5.74, 6) is 1.25. The third-order valence-electron chi connectivity index (χ3n) is 6.43. The summed E-state index contributed by atoms with van der Waals surface area (Å²) in [6, 6.07) is 30.3. The van der Waals surface area contributed by atoms with E-state index in [2.05, 4.69) is 9.97 Å². The van der Waals surface area contributed by atoms with Crippen LogP contribution in [-0.2, 0) is 0 Å². The van der Waals surface area contributed by atoms with E-state index in [9.17, 15) is 9.59 Å². The Balaban J connectivity index is 1.54. The molecular formula is C30H22N4O2. The maximum absolute atomic E-state index is 13.5. The summed E-state index contributed by atoms with van der Waals surface area (Å²) in [7, 11) is 0. The molecule has 0 saturated heterocycles. The quantitative estimate of drug-likeness (QED) is 0.349. The third kappa shape index (κ3) is 3.51. The molecule has 6 aromatic rings. The van der Waals surface area contributed by atoms with Gasteiger partial charge in [0.15, 0.2) is 0 Å². The van der Waals surface area contributed by atoms with Gasteiger partial charge in [-0.2, -0.15) is 0 Å². The number of aryl methyl sites for hydroxylation is 2. The molecule has 6 rings (SSSR count). The second-order valence-corrected chi connectivity index (χ2v) is 8.73. The van der Waals surface area contributed by atoms with Crippen LogP contribution in [0.5, 0.6) is 0 Å². The number of fused-ring (bicyclic) bond motifs is 2. The van der Waals surface area contributed by atoms with E-state index in [0.717, 1.165) is 22.5 Å². The zero-order chi connectivity index (χ0) is 24.8. The second-order valence-electron chi connectivity index (χ2n) is 8.73. The predicted octanol–water partition coefficient (Wildman–Crippen LogP) is 5.37. The molecule has 0 bridgehead atoms. The SMILES string of the molecule is Cc1nc2ccc(-c3ccc4nc(C)n(-c5ccccc5)c(=O)c4c3)cc2c(=O)n1-c1ccccc1. The fraction of sp³-hybridized carbons (Fsp3) is 0.0667. The van der Waals surface area contributed by atoms with Gasteiger partial charge in [0.1, 0.15) is 11.6 Å². The van der Waals surface area contributed by atoms with Crippen molar-refractivity contribution in [2.75, 3.05) is 0 Å². The first kappa shape index (κ1) is 21.7. The molecule has 6 heteroatoms. The number of nitrogens with zero attached hydrogens (tertiary/aromatic N) is 4. The first-order valence-corrected chi connectivity index (χ1v) is 11.7. The molecule has 0 fully saturated rings. The van der Waals surface area contributed by atoms with Gasteiger partial charge in [0.05, 0.1) is 33.2 Å². The van der Waals surface area contributed by atoms with Crippen molar-refractivity contribution in [3.63, 3.8) is 0 Å². The highest BCUT2D eigenvalue weighted by molar-refractivity contribution is 5.88. The average Bonchev–Trinajstić information content (AvgIpc) is 2.90. The normalized spacial score (nSPS) is 11.3. The van der Waals surface area contributed by atoms with Gasteiger partial charge in [-0.1, -0.05) is 48.5 Å². The number of rotatable bonds is 3. The molecule has 0 unspecified atom stereocenters. The minimum Gasteiger partial charge on any atom is -0.268 e. The van der Waals surface area contributed by atoms with E-state index in [1.165, 1.54) is 0 Å². The smallest absolute Gasteiger partial charge is 0.265 e. The van der Waals surface area contributed by atoms with Crippen LogP contribution in [-0.4, -0.2) is 19.1 Å². The molecule has 0 radical (unpaired) electrons. The standard InChI is InChI=1S/C30H22N4O2/c1-19-31-27-15-13-21(17-25(27)29(35)33(19)23-9-5-3-6-10-23)22-14-16-28-26(18-22)30(36)34(20(2)32-28)24-11-7-4-8-12-24/h3-18H,1-2H3. The fourth-order valence-electron chi connectivity index (χ4n) is 4.71. The molecule has 4 aromatic carbocycles. The molecule has 36 heavy (non-hydrogen) atoms. The minimum atomic E-state index is -0.130. The Hall–Kier alpha value is -4.84. The van der Waals surface area contributed by atoms with Crippen LogP contribution < -0.4 is 11.1 Å². The Morgan fingerprint density at radius 3 is 1.31 bits per heavy atom. The van der Waals surface area contributed by atoms with Gasteiger partial charge in [-0.15, -0.1) is 0 Å². The summed E-state index contributed by atoms with van der Waals surface area (Å²) in [4.78, 5) is 36.3. The van der Waals surface area contributed by atoms with Gasteiger partial charge in [0, 0.05) is 0 Å². The zero-order valence-corrected chi connectivity index (χ0v) is 19.8. The van der Waals surface area contributed by atoms with Crippen molar-refractivity contribution in [3.8, 4) is 22.5 Å². The monoisotopic (exact) mass is 470 g/mol. The highest BCUT2D eigenvalue weighted by Crippen LogP contribution is 2.26. The van der Waals surface area contributed by atoms with Crippen LogP contribution in [0.15, 0.2) is 107 Å². The van der Waals surface area contributed by atoms with Crippen LogP contribution in [0, 0.1) is 13.8 Å². The van der Waals surface area contributed by atoms with Crippen LogP contribution in [0.25, 0.3) is 44.3 Å². The number of hydrogen-bond donors (Lipinski definition) is 0. The van der Waals surface area contributed by atoms with Crippen molar-refractivity contribution in [1.29, 1.82) is 0 Å². The van der Waals surface area contributed by atoms with Gasteiger partial charge < -0.3 is 0 Å². The highest BCUT2D eigenvalue weighted by atomic mass is 16.1. The molecule has 174 valence electrons. The lowest BCUT2D eigenvalue weighted by molar-refractivity contribution is 0.894. The molecular weight excluding hydrogens is 448 g/mol. The van der Waals surface area contributed by atoms with Crippen molar-refractivity contribution in [1.82, 2.24) is 19.1 Å². The first-order valence-electron chi connectivity index (χ1n) is 11.7. The number of hydrogen-bond acceptors (Lipinski definition) is 4. The van der Waals surface area contributed by atoms with Gasteiger partial charge in [-0.05, 0) is 73.5 Å². The fourth-order valence-corrected chi connectivity index (χ4v) is 4.71. The topological polar surface area (TPSA) is 69.8 Å². The minimum absolute atomic E-state index is 0.130. The molecule has 0 saturated carbocycles. The van der Waals surface area contributed by atoms with E-state index < -0.39 is 0 Å². The van der Waals surface area contributed by atoms with Crippen LogP contribution in [0.2, 0.25) is 0 Å². The predicted molar refractivity (Wildman–Crippen MR) is 143 cm³/mol. The van der Waals surface area contributed by atoms with E-state index in [1.54, 1.807) is 9.13 Å². The molecule has 2 heterocycles. The summed E-state index contributed by atoms with van der Waals surface area (Å²) in [6.07, 6.45) is 0. The molecule has 0 amide bonds. The van der Waals surface area contributed by atoms with E-state index in [0.29, 0.717) is 33.5 Å².